The van der Waals surface area contributed by atoms with Gasteiger partial charge in [-0.15, -0.1) is 0 Å². The Kier molecular flexibility index (Phi) is 5.26. The number of fused-ring (bicyclic) bond motifs is 1. The van der Waals surface area contributed by atoms with Crippen LogP contribution in [0.4, 0.5) is 0 Å². The van der Waals surface area contributed by atoms with Crippen molar-refractivity contribution in [2.24, 2.45) is 10.9 Å². The van der Waals surface area contributed by atoms with Crippen LogP contribution in [-0.4, -0.2) is 32.4 Å². The second kappa shape index (κ2) is 7.57. The molecule has 0 aromatic heterocycles. The average molecular weight is 317 g/mol. The highest BCUT2D eigenvalue weighted by Crippen LogP contribution is 2.32. The first-order chi connectivity index (χ1) is 11.2. The van der Waals surface area contributed by atoms with Crippen LogP contribution in [0.2, 0.25) is 0 Å². The van der Waals surface area contributed by atoms with Crippen molar-refractivity contribution in [1.29, 1.82) is 0 Å². The highest BCUT2D eigenvalue weighted by atomic mass is 16.7. The molecule has 2 N–H and O–H groups in total. The zero-order valence-corrected chi connectivity index (χ0v) is 14.1. The smallest absolute Gasteiger partial charge is 0.231 e. The Hall–Kier alpha value is -1.91. The molecule has 0 unspecified atom stereocenters. The second-order valence-corrected chi connectivity index (χ2v) is 6.54. The minimum absolute atomic E-state index is 0.327. The number of hydrogen-bond acceptors (Lipinski definition) is 3. The van der Waals surface area contributed by atoms with Gasteiger partial charge in [0.1, 0.15) is 0 Å². The number of nitrogens with zero attached hydrogens (tertiary/aromatic N) is 1. The van der Waals surface area contributed by atoms with Gasteiger partial charge in [-0.1, -0.05) is 13.0 Å². The van der Waals surface area contributed by atoms with Gasteiger partial charge in [-0.2, -0.15) is 0 Å². The predicted octanol–water partition coefficient (Wildman–Crippen LogP) is 2.70. The number of nitrogens with one attached hydrogen (secondary N) is 2. The maximum Gasteiger partial charge on any atom is 0.231 e. The minimum atomic E-state index is 0.327. The van der Waals surface area contributed by atoms with Gasteiger partial charge in [-0.3, -0.25) is 4.99 Å². The van der Waals surface area contributed by atoms with E-state index in [0.717, 1.165) is 36.3 Å². The summed E-state index contributed by atoms with van der Waals surface area (Å²) in [5, 5.41) is 6.96. The Balaban J connectivity index is 1.43. The molecule has 23 heavy (non-hydrogen) atoms. The Morgan fingerprint density at radius 1 is 1.17 bits per heavy atom. The molecule has 5 nitrogen and oxygen atoms in total. The Labute approximate surface area is 138 Å². The van der Waals surface area contributed by atoms with Gasteiger partial charge in [0, 0.05) is 19.6 Å². The Bertz CT molecular complexity index is 551. The molecule has 3 rings (SSSR count). The van der Waals surface area contributed by atoms with Gasteiger partial charge in [0.2, 0.25) is 6.79 Å². The van der Waals surface area contributed by atoms with Gasteiger partial charge in [-0.25, -0.2) is 0 Å². The first kappa shape index (κ1) is 16.0. The van der Waals surface area contributed by atoms with E-state index in [1.807, 2.05) is 13.1 Å². The van der Waals surface area contributed by atoms with Gasteiger partial charge in [0.15, 0.2) is 17.5 Å². The average Bonchev–Trinajstić information content (AvgIpc) is 3.03. The Morgan fingerprint density at radius 3 is 2.74 bits per heavy atom. The van der Waals surface area contributed by atoms with Crippen LogP contribution in [0, 0.1) is 5.92 Å². The lowest BCUT2D eigenvalue weighted by Gasteiger charge is -2.28. The molecular formula is C18H27N3O2. The van der Waals surface area contributed by atoms with Crippen molar-refractivity contribution in [2.75, 3.05) is 20.4 Å². The number of hydrogen-bond donors (Lipinski definition) is 2. The van der Waals surface area contributed by atoms with Gasteiger partial charge in [-0.05, 0) is 55.7 Å². The third-order valence-corrected chi connectivity index (χ3v) is 4.72. The molecule has 5 heteroatoms. The quantitative estimate of drug-likeness (QED) is 0.662. The number of benzene rings is 1. The van der Waals surface area contributed by atoms with E-state index in [1.54, 1.807) is 0 Å². The lowest BCUT2D eigenvalue weighted by atomic mass is 9.87. The number of guanidine groups is 1. The summed E-state index contributed by atoms with van der Waals surface area (Å²) in [5.74, 6) is 3.46. The van der Waals surface area contributed by atoms with Crippen LogP contribution in [0.5, 0.6) is 11.5 Å². The Morgan fingerprint density at radius 2 is 1.96 bits per heavy atom. The van der Waals surface area contributed by atoms with Crippen LogP contribution in [0.1, 0.15) is 38.2 Å². The van der Waals surface area contributed by atoms with Crippen LogP contribution in [0.15, 0.2) is 23.2 Å². The van der Waals surface area contributed by atoms with Crippen molar-refractivity contribution in [2.45, 2.75) is 45.1 Å². The van der Waals surface area contributed by atoms with Crippen molar-refractivity contribution in [1.82, 2.24) is 10.6 Å². The summed E-state index contributed by atoms with van der Waals surface area (Å²) < 4.78 is 10.8. The van der Waals surface area contributed by atoms with Gasteiger partial charge >= 0.3 is 0 Å². The summed E-state index contributed by atoms with van der Waals surface area (Å²) in [5.41, 5.74) is 1.24. The molecular weight excluding hydrogens is 290 g/mol. The van der Waals surface area contributed by atoms with Crippen molar-refractivity contribution < 1.29 is 9.47 Å². The molecule has 2 aliphatic rings. The van der Waals surface area contributed by atoms with Gasteiger partial charge in [0.25, 0.3) is 0 Å². The first-order valence-corrected chi connectivity index (χ1v) is 8.60. The number of aliphatic imine (C=N–C) groups is 1. The van der Waals surface area contributed by atoms with E-state index in [0.29, 0.717) is 12.8 Å². The largest absolute Gasteiger partial charge is 0.454 e. The third kappa shape index (κ3) is 4.30. The van der Waals surface area contributed by atoms with E-state index < -0.39 is 0 Å². The minimum Gasteiger partial charge on any atom is -0.454 e. The van der Waals surface area contributed by atoms with Crippen molar-refractivity contribution >= 4 is 5.96 Å². The van der Waals surface area contributed by atoms with Crippen molar-refractivity contribution in [3.8, 4) is 11.5 Å². The molecule has 0 amide bonds. The molecule has 1 heterocycles. The van der Waals surface area contributed by atoms with Crippen molar-refractivity contribution in [3.05, 3.63) is 23.8 Å². The van der Waals surface area contributed by atoms with Gasteiger partial charge in [0.05, 0.1) is 0 Å². The highest BCUT2D eigenvalue weighted by Gasteiger charge is 2.18. The summed E-state index contributed by atoms with van der Waals surface area (Å²) in [6.45, 7) is 3.52. The molecule has 126 valence electrons. The maximum atomic E-state index is 5.42. The molecule has 0 radical (unpaired) electrons. The lowest BCUT2D eigenvalue weighted by molar-refractivity contribution is 0.174. The fourth-order valence-electron chi connectivity index (χ4n) is 3.21. The van der Waals surface area contributed by atoms with Crippen LogP contribution in [0.25, 0.3) is 0 Å². The van der Waals surface area contributed by atoms with Crippen LogP contribution in [-0.2, 0) is 6.42 Å². The number of rotatable bonds is 4. The lowest BCUT2D eigenvalue weighted by Crippen LogP contribution is -2.45. The van der Waals surface area contributed by atoms with Crippen LogP contribution < -0.4 is 20.1 Å². The van der Waals surface area contributed by atoms with Gasteiger partial charge < -0.3 is 20.1 Å². The molecule has 1 aliphatic heterocycles. The summed E-state index contributed by atoms with van der Waals surface area (Å²) in [6.07, 6.45) is 6.03. The molecule has 1 aromatic rings. The summed E-state index contributed by atoms with van der Waals surface area (Å²) in [7, 11) is 1.83. The van der Waals surface area contributed by atoms with E-state index in [2.05, 4.69) is 34.7 Å². The maximum absolute atomic E-state index is 5.42. The van der Waals surface area contributed by atoms with E-state index in [9.17, 15) is 0 Å². The van der Waals surface area contributed by atoms with Crippen molar-refractivity contribution in [3.63, 3.8) is 0 Å². The van der Waals surface area contributed by atoms with E-state index in [1.165, 1.54) is 31.2 Å². The molecule has 1 fully saturated rings. The predicted molar refractivity (Wildman–Crippen MR) is 92.2 cm³/mol. The standard InChI is InChI=1S/C18H27N3O2/c1-13-3-6-15(7-4-13)21-18(19-2)20-10-9-14-5-8-16-17(11-14)23-12-22-16/h5,8,11,13,15H,3-4,6-7,9-10,12H2,1-2H3,(H2,19,20,21). The van der Waals surface area contributed by atoms with Crippen LogP contribution in [0.3, 0.4) is 0 Å². The molecule has 1 aliphatic carbocycles. The second-order valence-electron chi connectivity index (χ2n) is 6.54. The third-order valence-electron chi connectivity index (χ3n) is 4.72. The topological polar surface area (TPSA) is 54.9 Å². The molecule has 1 saturated carbocycles. The van der Waals surface area contributed by atoms with E-state index in [4.69, 9.17) is 9.47 Å². The molecule has 0 atom stereocenters. The summed E-state index contributed by atoms with van der Waals surface area (Å²) >= 11 is 0. The molecule has 0 saturated heterocycles. The first-order valence-electron chi connectivity index (χ1n) is 8.60. The van der Waals surface area contributed by atoms with E-state index in [-0.39, 0.29) is 0 Å². The normalized spacial score (nSPS) is 23.7. The SMILES string of the molecule is CN=C(NCCc1ccc2c(c1)OCO2)NC1CCC(C)CC1. The fraction of sp³-hybridized carbons (Fsp3) is 0.611. The van der Waals surface area contributed by atoms with E-state index >= 15 is 0 Å². The zero-order valence-electron chi connectivity index (χ0n) is 14.1. The molecule has 0 spiro atoms. The number of ether oxygens (including phenoxy) is 2. The fourth-order valence-corrected chi connectivity index (χ4v) is 3.21. The molecule has 1 aromatic carbocycles. The summed E-state index contributed by atoms with van der Waals surface area (Å²) in [6, 6.07) is 6.69. The monoisotopic (exact) mass is 317 g/mol. The zero-order chi connectivity index (χ0) is 16.1. The highest BCUT2D eigenvalue weighted by molar-refractivity contribution is 5.79. The summed E-state index contributed by atoms with van der Waals surface area (Å²) in [4.78, 5) is 4.34. The van der Waals surface area contributed by atoms with Crippen LogP contribution >= 0.6 is 0 Å². The molecule has 0 bridgehead atoms.